The fourth-order valence-electron chi connectivity index (χ4n) is 3.15. The van der Waals surface area contributed by atoms with Crippen molar-refractivity contribution in [1.82, 2.24) is 14.8 Å². The van der Waals surface area contributed by atoms with Crippen LogP contribution in [0.15, 0.2) is 59.8 Å². The van der Waals surface area contributed by atoms with E-state index < -0.39 is 10.2 Å². The Labute approximate surface area is 177 Å². The van der Waals surface area contributed by atoms with Gasteiger partial charge in [-0.05, 0) is 37.5 Å². The molecule has 1 atom stereocenters. The minimum atomic E-state index is -0.558. The van der Waals surface area contributed by atoms with Gasteiger partial charge in [-0.1, -0.05) is 42.1 Å². The summed E-state index contributed by atoms with van der Waals surface area (Å²) >= 11 is 1.31. The van der Waals surface area contributed by atoms with Crippen molar-refractivity contribution in [1.29, 1.82) is 0 Å². The second-order valence-electron chi connectivity index (χ2n) is 6.87. The van der Waals surface area contributed by atoms with Crippen LogP contribution in [-0.2, 0) is 9.53 Å². The number of esters is 1. The van der Waals surface area contributed by atoms with E-state index in [-0.39, 0.29) is 17.7 Å². The van der Waals surface area contributed by atoms with Crippen LogP contribution >= 0.6 is 11.8 Å². The van der Waals surface area contributed by atoms with Crippen LogP contribution in [0.4, 0.5) is 5.69 Å². The number of non-ortho nitro benzene ring substituents is 1. The van der Waals surface area contributed by atoms with Gasteiger partial charge in [0.25, 0.3) is 5.69 Å². The van der Waals surface area contributed by atoms with Crippen molar-refractivity contribution in [3.8, 4) is 11.4 Å². The Morgan fingerprint density at radius 1 is 1.20 bits per heavy atom. The largest absolute Gasteiger partial charge is 0.465 e. The topological polar surface area (TPSA) is 100 Å². The minimum absolute atomic E-state index is 0.0253. The van der Waals surface area contributed by atoms with Gasteiger partial charge < -0.3 is 4.74 Å². The molecular formula is C21H20N4O4S. The molecule has 30 heavy (non-hydrogen) atoms. The van der Waals surface area contributed by atoms with Crippen LogP contribution in [0.1, 0.15) is 36.6 Å². The van der Waals surface area contributed by atoms with Crippen molar-refractivity contribution in [3.63, 3.8) is 0 Å². The summed E-state index contributed by atoms with van der Waals surface area (Å²) in [6.07, 6.45) is 2.00. The monoisotopic (exact) mass is 424 g/mol. The molecule has 0 spiro atoms. The summed E-state index contributed by atoms with van der Waals surface area (Å²) in [4.78, 5) is 23.2. The third-order valence-electron chi connectivity index (χ3n) is 4.74. The molecule has 1 aliphatic carbocycles. The van der Waals surface area contributed by atoms with Gasteiger partial charge in [0, 0.05) is 23.7 Å². The molecule has 0 amide bonds. The molecule has 0 N–H and O–H groups in total. The van der Waals surface area contributed by atoms with Gasteiger partial charge in [-0.3, -0.25) is 19.5 Å². The standard InChI is InChI=1S/C21H20N4O4S/c1-2-29-20(26)18(14-6-4-3-5-7-14)30-21-23-22-19(24(21)16-12-13-16)15-8-10-17(11-9-15)25(27)28/h3-11,16,18H,2,12-13H2,1H3. The molecule has 1 unspecified atom stereocenters. The lowest BCUT2D eigenvalue weighted by atomic mass is 10.1. The number of hydrogen-bond donors (Lipinski definition) is 0. The van der Waals surface area contributed by atoms with E-state index in [2.05, 4.69) is 10.2 Å². The molecule has 1 saturated carbocycles. The van der Waals surface area contributed by atoms with Crippen molar-refractivity contribution >= 4 is 23.4 Å². The highest BCUT2D eigenvalue weighted by atomic mass is 32.2. The Morgan fingerprint density at radius 2 is 1.90 bits per heavy atom. The Kier molecular flexibility index (Phi) is 5.80. The van der Waals surface area contributed by atoms with E-state index in [9.17, 15) is 14.9 Å². The van der Waals surface area contributed by atoms with Crippen LogP contribution in [-0.4, -0.2) is 32.3 Å². The average Bonchev–Trinajstić information content (AvgIpc) is 3.52. The number of rotatable bonds is 8. The molecule has 1 aliphatic rings. The Bertz CT molecular complexity index is 1050. The van der Waals surface area contributed by atoms with Crippen LogP contribution < -0.4 is 0 Å². The van der Waals surface area contributed by atoms with E-state index in [1.165, 1.54) is 23.9 Å². The van der Waals surface area contributed by atoms with Crippen LogP contribution in [0.5, 0.6) is 0 Å². The van der Waals surface area contributed by atoms with Gasteiger partial charge in [-0.2, -0.15) is 0 Å². The van der Waals surface area contributed by atoms with Gasteiger partial charge in [-0.15, -0.1) is 10.2 Å². The predicted molar refractivity (Wildman–Crippen MR) is 112 cm³/mol. The number of thioether (sulfide) groups is 1. The highest BCUT2D eigenvalue weighted by Gasteiger charge is 2.33. The van der Waals surface area contributed by atoms with Crippen LogP contribution in [0.3, 0.4) is 0 Å². The van der Waals surface area contributed by atoms with Gasteiger partial charge >= 0.3 is 5.97 Å². The Morgan fingerprint density at radius 3 is 2.50 bits per heavy atom. The lowest BCUT2D eigenvalue weighted by Crippen LogP contribution is -2.14. The maximum absolute atomic E-state index is 12.7. The lowest BCUT2D eigenvalue weighted by Gasteiger charge is -2.16. The number of benzene rings is 2. The third-order valence-corrected chi connectivity index (χ3v) is 5.93. The van der Waals surface area contributed by atoms with Crippen molar-refractivity contribution < 1.29 is 14.5 Å². The number of nitro groups is 1. The van der Waals surface area contributed by atoms with Crippen LogP contribution in [0, 0.1) is 10.1 Å². The van der Waals surface area contributed by atoms with Gasteiger partial charge in [0.05, 0.1) is 11.5 Å². The highest BCUT2D eigenvalue weighted by Crippen LogP contribution is 2.44. The molecule has 0 bridgehead atoms. The minimum Gasteiger partial charge on any atom is -0.465 e. The molecular weight excluding hydrogens is 404 g/mol. The summed E-state index contributed by atoms with van der Waals surface area (Å²) in [5.41, 5.74) is 1.61. The quantitative estimate of drug-likeness (QED) is 0.226. The molecule has 1 fully saturated rings. The SMILES string of the molecule is CCOC(=O)C(Sc1nnc(-c2ccc([N+](=O)[O-])cc2)n1C1CC1)c1ccccc1. The summed E-state index contributed by atoms with van der Waals surface area (Å²) in [5, 5.41) is 19.7. The first kappa shape index (κ1) is 20.1. The van der Waals surface area contributed by atoms with Crippen molar-refractivity contribution in [3.05, 3.63) is 70.3 Å². The van der Waals surface area contributed by atoms with E-state index in [1.807, 2.05) is 34.9 Å². The molecule has 8 nitrogen and oxygen atoms in total. The smallest absolute Gasteiger partial charge is 0.324 e. The molecule has 2 aromatic carbocycles. The number of carbonyl (C=O) groups is 1. The predicted octanol–water partition coefficient (Wildman–Crippen LogP) is 4.58. The maximum Gasteiger partial charge on any atom is 0.324 e. The lowest BCUT2D eigenvalue weighted by molar-refractivity contribution is -0.384. The number of carbonyl (C=O) groups excluding carboxylic acids is 1. The summed E-state index contributed by atoms with van der Waals surface area (Å²) in [6, 6.07) is 16.0. The average molecular weight is 424 g/mol. The second kappa shape index (κ2) is 8.66. The Balaban J connectivity index is 1.68. The first-order valence-corrected chi connectivity index (χ1v) is 10.5. The van der Waals surface area contributed by atoms with Gasteiger partial charge in [0.2, 0.25) is 0 Å². The number of hydrogen-bond acceptors (Lipinski definition) is 7. The summed E-state index contributed by atoms with van der Waals surface area (Å²) in [6.45, 7) is 2.08. The Hall–Kier alpha value is -3.20. The van der Waals surface area contributed by atoms with Crippen LogP contribution in [0.2, 0.25) is 0 Å². The maximum atomic E-state index is 12.7. The van der Waals surface area contributed by atoms with Gasteiger partial charge in [0.15, 0.2) is 11.0 Å². The number of ether oxygens (including phenoxy) is 1. The molecule has 4 rings (SSSR count). The van der Waals surface area contributed by atoms with Crippen molar-refractivity contribution in [2.24, 2.45) is 0 Å². The van der Waals surface area contributed by atoms with Gasteiger partial charge in [-0.25, -0.2) is 0 Å². The van der Waals surface area contributed by atoms with E-state index in [4.69, 9.17) is 4.74 Å². The first-order chi connectivity index (χ1) is 14.6. The molecule has 9 heteroatoms. The zero-order valence-corrected chi connectivity index (χ0v) is 17.1. The second-order valence-corrected chi connectivity index (χ2v) is 7.94. The van der Waals surface area contributed by atoms with E-state index in [0.717, 1.165) is 24.0 Å². The zero-order chi connectivity index (χ0) is 21.1. The van der Waals surface area contributed by atoms with Gasteiger partial charge in [0.1, 0.15) is 5.25 Å². The number of nitro benzene ring substituents is 1. The molecule has 3 aromatic rings. The summed E-state index contributed by atoms with van der Waals surface area (Å²) in [5.74, 6) is 0.321. The molecule has 0 saturated heterocycles. The van der Waals surface area contributed by atoms with Crippen molar-refractivity contribution in [2.45, 2.75) is 36.2 Å². The molecule has 0 radical (unpaired) electrons. The third kappa shape index (κ3) is 4.20. The zero-order valence-electron chi connectivity index (χ0n) is 16.3. The summed E-state index contributed by atoms with van der Waals surface area (Å²) in [7, 11) is 0. The fraction of sp³-hybridized carbons (Fsp3) is 0.286. The van der Waals surface area contributed by atoms with E-state index in [0.29, 0.717) is 17.6 Å². The van der Waals surface area contributed by atoms with E-state index in [1.54, 1.807) is 19.1 Å². The molecule has 1 aromatic heterocycles. The summed E-state index contributed by atoms with van der Waals surface area (Å²) < 4.78 is 7.32. The highest BCUT2D eigenvalue weighted by molar-refractivity contribution is 8.00. The van der Waals surface area contributed by atoms with Crippen LogP contribution in [0.25, 0.3) is 11.4 Å². The molecule has 0 aliphatic heterocycles. The van der Waals surface area contributed by atoms with Crippen molar-refractivity contribution in [2.75, 3.05) is 6.61 Å². The number of aromatic nitrogens is 3. The number of nitrogens with zero attached hydrogens (tertiary/aromatic N) is 4. The van der Waals surface area contributed by atoms with E-state index >= 15 is 0 Å². The normalized spacial score (nSPS) is 14.3. The first-order valence-electron chi connectivity index (χ1n) is 9.66. The molecule has 154 valence electrons. The molecule has 1 heterocycles. The fourth-order valence-corrected chi connectivity index (χ4v) is 4.26.